The third-order valence-corrected chi connectivity index (χ3v) is 3.43. The second kappa shape index (κ2) is 3.97. The van der Waals surface area contributed by atoms with Crippen LogP contribution in [0.15, 0.2) is 0 Å². The maximum Gasteiger partial charge on any atom is 0.0576 e. The van der Waals surface area contributed by atoms with Crippen molar-refractivity contribution >= 4 is 0 Å². The van der Waals surface area contributed by atoms with Crippen LogP contribution in [0.5, 0.6) is 0 Å². The molecule has 0 aromatic carbocycles. The van der Waals surface area contributed by atoms with E-state index in [-0.39, 0.29) is 24.0 Å². The van der Waals surface area contributed by atoms with Crippen molar-refractivity contribution in [2.24, 2.45) is 17.3 Å². The van der Waals surface area contributed by atoms with Crippen molar-refractivity contribution in [3.05, 3.63) is 0 Å². The van der Waals surface area contributed by atoms with Gasteiger partial charge in [0.2, 0.25) is 0 Å². The van der Waals surface area contributed by atoms with Gasteiger partial charge in [-0.1, -0.05) is 20.8 Å². The van der Waals surface area contributed by atoms with Crippen LogP contribution in [0, 0.1) is 17.3 Å². The first-order chi connectivity index (χ1) is 5.96. The molecule has 2 nitrogen and oxygen atoms in total. The molecule has 13 heavy (non-hydrogen) atoms. The average molecular weight is 186 g/mol. The van der Waals surface area contributed by atoms with E-state index in [1.54, 1.807) is 0 Å². The Morgan fingerprint density at radius 2 is 2.08 bits per heavy atom. The number of rotatable bonds is 2. The molecule has 0 radical (unpaired) electrons. The molecule has 0 amide bonds. The molecule has 1 aliphatic carbocycles. The van der Waals surface area contributed by atoms with E-state index in [2.05, 4.69) is 13.8 Å². The van der Waals surface area contributed by atoms with Gasteiger partial charge in [0.25, 0.3) is 0 Å². The second-order valence-corrected chi connectivity index (χ2v) is 5.30. The van der Waals surface area contributed by atoms with Gasteiger partial charge in [0.15, 0.2) is 0 Å². The molecule has 0 saturated heterocycles. The van der Waals surface area contributed by atoms with Gasteiger partial charge < -0.3 is 10.2 Å². The Balaban J connectivity index is 2.53. The Morgan fingerprint density at radius 3 is 2.54 bits per heavy atom. The highest BCUT2D eigenvalue weighted by Gasteiger charge is 2.35. The smallest absolute Gasteiger partial charge is 0.0576 e. The van der Waals surface area contributed by atoms with Gasteiger partial charge in [-0.05, 0) is 36.5 Å². The number of hydrogen-bond acceptors (Lipinski definition) is 2. The highest BCUT2D eigenvalue weighted by molar-refractivity contribution is 4.86. The summed E-state index contributed by atoms with van der Waals surface area (Å²) in [5.74, 6) is 0.545. The van der Waals surface area contributed by atoms with Gasteiger partial charge in [-0.15, -0.1) is 0 Å². The Kier molecular flexibility index (Phi) is 3.36. The lowest BCUT2D eigenvalue weighted by molar-refractivity contribution is -0.0175. The van der Waals surface area contributed by atoms with Crippen LogP contribution in [-0.4, -0.2) is 22.9 Å². The SMILES string of the molecule is CC(CO)[C@H]1CCC(C)(C)C[C@@H]1O. The van der Waals surface area contributed by atoms with E-state index >= 15 is 0 Å². The van der Waals surface area contributed by atoms with Crippen molar-refractivity contribution in [1.29, 1.82) is 0 Å². The topological polar surface area (TPSA) is 40.5 Å². The van der Waals surface area contributed by atoms with Gasteiger partial charge in [-0.2, -0.15) is 0 Å². The summed E-state index contributed by atoms with van der Waals surface area (Å²) in [7, 11) is 0. The molecule has 78 valence electrons. The molecule has 0 heterocycles. The molecule has 1 saturated carbocycles. The Labute approximate surface area is 81.0 Å². The minimum Gasteiger partial charge on any atom is -0.396 e. The first kappa shape index (κ1) is 11.0. The molecule has 3 atom stereocenters. The van der Waals surface area contributed by atoms with Crippen molar-refractivity contribution in [2.45, 2.75) is 46.1 Å². The van der Waals surface area contributed by atoms with Crippen molar-refractivity contribution in [1.82, 2.24) is 0 Å². The molecule has 2 N–H and O–H groups in total. The van der Waals surface area contributed by atoms with Crippen molar-refractivity contribution < 1.29 is 10.2 Å². The normalized spacial score (nSPS) is 35.8. The summed E-state index contributed by atoms with van der Waals surface area (Å²) in [5, 5.41) is 18.9. The summed E-state index contributed by atoms with van der Waals surface area (Å²) in [6.07, 6.45) is 2.88. The zero-order valence-electron chi connectivity index (χ0n) is 8.95. The fourth-order valence-electron chi connectivity index (χ4n) is 2.37. The molecule has 1 aliphatic rings. The Hall–Kier alpha value is -0.0800. The third kappa shape index (κ3) is 2.68. The second-order valence-electron chi connectivity index (χ2n) is 5.30. The minimum absolute atomic E-state index is 0.197. The summed E-state index contributed by atoms with van der Waals surface area (Å²) in [4.78, 5) is 0. The predicted octanol–water partition coefficient (Wildman–Crippen LogP) is 1.80. The first-order valence-corrected chi connectivity index (χ1v) is 5.25. The van der Waals surface area contributed by atoms with Crippen molar-refractivity contribution in [3.63, 3.8) is 0 Å². The van der Waals surface area contributed by atoms with Crippen molar-refractivity contribution in [2.75, 3.05) is 6.61 Å². The molecule has 1 unspecified atom stereocenters. The largest absolute Gasteiger partial charge is 0.396 e. The van der Waals surface area contributed by atoms with E-state index in [1.165, 1.54) is 6.42 Å². The van der Waals surface area contributed by atoms with Gasteiger partial charge in [0.1, 0.15) is 0 Å². The predicted molar refractivity (Wildman–Crippen MR) is 53.4 cm³/mol. The summed E-state index contributed by atoms with van der Waals surface area (Å²) >= 11 is 0. The molecule has 0 aromatic rings. The monoisotopic (exact) mass is 186 g/mol. The molecule has 0 aliphatic heterocycles. The average Bonchev–Trinajstić information content (AvgIpc) is 2.01. The van der Waals surface area contributed by atoms with E-state index in [9.17, 15) is 5.11 Å². The Morgan fingerprint density at radius 1 is 1.46 bits per heavy atom. The number of aliphatic hydroxyl groups excluding tert-OH is 2. The lowest BCUT2D eigenvalue weighted by atomic mass is 9.68. The zero-order valence-corrected chi connectivity index (χ0v) is 8.95. The molecule has 0 spiro atoms. The van der Waals surface area contributed by atoms with Gasteiger partial charge in [-0.25, -0.2) is 0 Å². The highest BCUT2D eigenvalue weighted by atomic mass is 16.3. The highest BCUT2D eigenvalue weighted by Crippen LogP contribution is 2.40. The van der Waals surface area contributed by atoms with Gasteiger partial charge in [0, 0.05) is 6.61 Å². The molecule has 0 bridgehead atoms. The van der Waals surface area contributed by atoms with Crippen LogP contribution in [0.25, 0.3) is 0 Å². The van der Waals surface area contributed by atoms with E-state index in [0.717, 1.165) is 12.8 Å². The lowest BCUT2D eigenvalue weighted by Crippen LogP contribution is -2.37. The number of hydrogen-bond donors (Lipinski definition) is 2. The van der Waals surface area contributed by atoms with E-state index in [4.69, 9.17) is 5.11 Å². The summed E-state index contributed by atoms with van der Waals surface area (Å²) < 4.78 is 0. The van der Waals surface area contributed by atoms with Crippen LogP contribution in [0.1, 0.15) is 40.0 Å². The van der Waals surface area contributed by atoms with Gasteiger partial charge in [0.05, 0.1) is 6.10 Å². The fraction of sp³-hybridized carbons (Fsp3) is 1.00. The van der Waals surface area contributed by atoms with E-state index in [0.29, 0.717) is 5.92 Å². The van der Waals surface area contributed by atoms with Crippen LogP contribution >= 0.6 is 0 Å². The fourth-order valence-corrected chi connectivity index (χ4v) is 2.37. The molecule has 0 aromatic heterocycles. The standard InChI is InChI=1S/C11H22O2/c1-8(7-12)9-4-5-11(2,3)6-10(9)13/h8-10,12-13H,4-7H2,1-3H3/t8?,9-,10+/m1/s1. The zero-order chi connectivity index (χ0) is 10.1. The quantitative estimate of drug-likeness (QED) is 0.690. The Bertz CT molecular complexity index is 165. The van der Waals surface area contributed by atoms with Crippen molar-refractivity contribution in [3.8, 4) is 0 Å². The molecule has 2 heteroatoms. The van der Waals surface area contributed by atoms with Crippen LogP contribution in [0.4, 0.5) is 0 Å². The lowest BCUT2D eigenvalue weighted by Gasteiger charge is -2.40. The summed E-state index contributed by atoms with van der Waals surface area (Å²) in [6, 6.07) is 0. The number of aliphatic hydroxyl groups is 2. The maximum atomic E-state index is 9.89. The molecule has 1 rings (SSSR count). The third-order valence-electron chi connectivity index (χ3n) is 3.43. The molecular formula is C11H22O2. The molecule has 1 fully saturated rings. The first-order valence-electron chi connectivity index (χ1n) is 5.25. The van der Waals surface area contributed by atoms with Gasteiger partial charge >= 0.3 is 0 Å². The van der Waals surface area contributed by atoms with Crippen LogP contribution in [0.3, 0.4) is 0 Å². The van der Waals surface area contributed by atoms with Crippen LogP contribution in [-0.2, 0) is 0 Å². The minimum atomic E-state index is -0.217. The molecular weight excluding hydrogens is 164 g/mol. The summed E-state index contributed by atoms with van der Waals surface area (Å²) in [6.45, 7) is 6.63. The summed E-state index contributed by atoms with van der Waals surface area (Å²) in [5.41, 5.74) is 0.283. The van der Waals surface area contributed by atoms with Gasteiger partial charge in [-0.3, -0.25) is 0 Å². The van der Waals surface area contributed by atoms with Crippen LogP contribution in [0.2, 0.25) is 0 Å². The maximum absolute atomic E-state index is 9.89. The van der Waals surface area contributed by atoms with E-state index < -0.39 is 0 Å². The van der Waals surface area contributed by atoms with Crippen LogP contribution < -0.4 is 0 Å². The van der Waals surface area contributed by atoms with E-state index in [1.807, 2.05) is 6.92 Å².